The zero-order valence-electron chi connectivity index (χ0n) is 17.9. The zero-order valence-corrected chi connectivity index (χ0v) is 17.9. The molecule has 0 aliphatic carbocycles. The lowest BCUT2D eigenvalue weighted by molar-refractivity contribution is -0.142. The largest absolute Gasteiger partial charge is 0.493 e. The summed E-state index contributed by atoms with van der Waals surface area (Å²) in [4.78, 5) is 16.9. The number of amides is 1. The smallest absolute Gasteiger partial charge is 0.433 e. The van der Waals surface area contributed by atoms with E-state index in [1.807, 2.05) is 0 Å². The average Bonchev–Trinajstić information content (AvgIpc) is 3.21. The fourth-order valence-corrected chi connectivity index (χ4v) is 2.97. The van der Waals surface area contributed by atoms with Crippen molar-refractivity contribution in [2.24, 2.45) is 0 Å². The van der Waals surface area contributed by atoms with Crippen LogP contribution in [-0.4, -0.2) is 40.3 Å². The molecule has 2 aromatic heterocycles. The summed E-state index contributed by atoms with van der Waals surface area (Å²) < 4.78 is 52.4. The van der Waals surface area contributed by atoms with Crippen LogP contribution in [0.25, 0.3) is 16.9 Å². The average molecular weight is 446 g/mol. The number of ether oxygens (including phenoxy) is 2. The van der Waals surface area contributed by atoms with Crippen molar-refractivity contribution in [1.29, 1.82) is 0 Å². The van der Waals surface area contributed by atoms with E-state index >= 15 is 0 Å². The van der Waals surface area contributed by atoms with E-state index in [2.05, 4.69) is 21.3 Å². The lowest BCUT2D eigenvalue weighted by atomic mass is 10.0. The van der Waals surface area contributed by atoms with Crippen molar-refractivity contribution in [3.63, 3.8) is 0 Å². The molecular formula is C22H21F3N4O3. The van der Waals surface area contributed by atoms with Gasteiger partial charge in [-0.3, -0.25) is 4.79 Å². The van der Waals surface area contributed by atoms with Gasteiger partial charge in [-0.1, -0.05) is 12.8 Å². The van der Waals surface area contributed by atoms with Crippen molar-refractivity contribution in [2.75, 3.05) is 14.2 Å². The lowest BCUT2D eigenvalue weighted by Gasteiger charge is -2.22. The van der Waals surface area contributed by atoms with E-state index in [0.29, 0.717) is 28.0 Å². The van der Waals surface area contributed by atoms with Gasteiger partial charge in [0, 0.05) is 11.6 Å². The Morgan fingerprint density at radius 2 is 1.88 bits per heavy atom. The first kappa shape index (κ1) is 22.9. The highest BCUT2D eigenvalue weighted by Crippen LogP contribution is 2.35. The van der Waals surface area contributed by atoms with Crippen LogP contribution in [0.5, 0.6) is 11.5 Å². The van der Waals surface area contributed by atoms with Crippen LogP contribution in [0, 0.1) is 12.3 Å². The molecule has 0 fully saturated rings. The molecule has 10 heteroatoms. The predicted molar refractivity (Wildman–Crippen MR) is 112 cm³/mol. The van der Waals surface area contributed by atoms with Gasteiger partial charge in [0.1, 0.15) is 0 Å². The summed E-state index contributed by atoms with van der Waals surface area (Å²) in [5.41, 5.74) is -2.02. The summed E-state index contributed by atoms with van der Waals surface area (Å²) in [6.07, 6.45) is 1.14. The number of terminal acetylenes is 1. The molecule has 0 bridgehead atoms. The minimum Gasteiger partial charge on any atom is -0.493 e. The second-order valence-corrected chi connectivity index (χ2v) is 7.18. The van der Waals surface area contributed by atoms with Gasteiger partial charge in [0.15, 0.2) is 28.5 Å². The molecule has 3 aromatic rings. The second kappa shape index (κ2) is 8.42. The fourth-order valence-electron chi connectivity index (χ4n) is 2.97. The Bertz CT molecular complexity index is 1210. The number of carbonyl (C=O) groups excluding carboxylic acids is 1. The van der Waals surface area contributed by atoms with Crippen molar-refractivity contribution in [3.8, 4) is 35.1 Å². The molecule has 3 rings (SSSR count). The van der Waals surface area contributed by atoms with E-state index in [1.54, 1.807) is 26.0 Å². The van der Waals surface area contributed by atoms with E-state index in [0.717, 1.165) is 6.07 Å². The first-order chi connectivity index (χ1) is 15.0. The quantitative estimate of drug-likeness (QED) is 0.580. The summed E-state index contributed by atoms with van der Waals surface area (Å²) in [7, 11) is 2.87. The molecule has 2 heterocycles. The maximum atomic E-state index is 13.8. The third-order valence-corrected chi connectivity index (χ3v) is 5.04. The number of hydrogen-bond donors (Lipinski definition) is 1. The van der Waals surface area contributed by atoms with Crippen LogP contribution in [0.3, 0.4) is 0 Å². The SMILES string of the molecule is C#C[C@@](C)(CC)NC(=O)c1cc2nc(-c3ccc(OC)c(OC)c3)cc(C(F)(F)F)n2n1. The molecule has 0 saturated carbocycles. The number of methoxy groups -OCH3 is 2. The zero-order chi connectivity index (χ0) is 23.7. The third kappa shape index (κ3) is 4.32. The lowest BCUT2D eigenvalue weighted by Crippen LogP contribution is -2.44. The number of benzene rings is 1. The summed E-state index contributed by atoms with van der Waals surface area (Å²) in [6, 6.07) is 6.68. The standard InChI is InChI=1S/C22H21F3N4O3/c1-6-21(3,7-2)27-20(30)15-12-19-26-14(11-18(22(23,24)25)29(19)28-15)13-8-9-16(31-4)17(10-13)32-5/h1,8-12H,7H2,2-5H3,(H,27,30)/t21-/m0/s1. The molecule has 168 valence electrons. The second-order valence-electron chi connectivity index (χ2n) is 7.18. The van der Waals surface area contributed by atoms with Gasteiger partial charge >= 0.3 is 6.18 Å². The molecule has 1 N–H and O–H groups in total. The molecule has 0 spiro atoms. The Balaban J connectivity index is 2.14. The van der Waals surface area contributed by atoms with Crippen LogP contribution in [0.15, 0.2) is 30.3 Å². The number of nitrogens with zero attached hydrogens (tertiary/aromatic N) is 3. The minimum absolute atomic E-state index is 0.0275. The summed E-state index contributed by atoms with van der Waals surface area (Å²) >= 11 is 0. The van der Waals surface area contributed by atoms with E-state index < -0.39 is 23.3 Å². The van der Waals surface area contributed by atoms with E-state index in [4.69, 9.17) is 15.9 Å². The maximum Gasteiger partial charge on any atom is 0.433 e. The highest BCUT2D eigenvalue weighted by Gasteiger charge is 2.36. The van der Waals surface area contributed by atoms with Gasteiger partial charge in [0.25, 0.3) is 5.91 Å². The molecule has 0 aliphatic heterocycles. The predicted octanol–water partition coefficient (Wildman–Crippen LogP) is 3.96. The third-order valence-electron chi connectivity index (χ3n) is 5.04. The van der Waals surface area contributed by atoms with Crippen molar-refractivity contribution in [3.05, 3.63) is 41.7 Å². The van der Waals surface area contributed by atoms with Crippen LogP contribution in [0.1, 0.15) is 36.5 Å². The van der Waals surface area contributed by atoms with Gasteiger partial charge in [-0.2, -0.15) is 18.3 Å². The van der Waals surface area contributed by atoms with Crippen LogP contribution >= 0.6 is 0 Å². The molecule has 0 aliphatic rings. The number of nitrogens with one attached hydrogen (secondary N) is 1. The number of aromatic nitrogens is 3. The number of halogens is 3. The van der Waals surface area contributed by atoms with Gasteiger partial charge in [-0.05, 0) is 37.6 Å². The molecule has 0 saturated heterocycles. The van der Waals surface area contributed by atoms with Gasteiger partial charge in [-0.15, -0.1) is 6.42 Å². The first-order valence-corrected chi connectivity index (χ1v) is 9.56. The topological polar surface area (TPSA) is 77.8 Å². The Kier molecular flexibility index (Phi) is 6.03. The Labute approximate surface area is 182 Å². The van der Waals surface area contributed by atoms with E-state index in [9.17, 15) is 18.0 Å². The Morgan fingerprint density at radius 3 is 2.44 bits per heavy atom. The van der Waals surface area contributed by atoms with Crippen molar-refractivity contribution < 1.29 is 27.4 Å². The van der Waals surface area contributed by atoms with Crippen LogP contribution in [0.4, 0.5) is 13.2 Å². The molecule has 32 heavy (non-hydrogen) atoms. The summed E-state index contributed by atoms with van der Waals surface area (Å²) in [5.74, 6) is 2.52. The maximum absolute atomic E-state index is 13.8. The number of carbonyl (C=O) groups is 1. The minimum atomic E-state index is -4.75. The van der Waals surface area contributed by atoms with Crippen molar-refractivity contribution in [2.45, 2.75) is 32.0 Å². The molecule has 1 atom stereocenters. The molecule has 7 nitrogen and oxygen atoms in total. The summed E-state index contributed by atoms with van der Waals surface area (Å²) in [5, 5.41) is 6.45. The van der Waals surface area contributed by atoms with Crippen LogP contribution < -0.4 is 14.8 Å². The van der Waals surface area contributed by atoms with Gasteiger partial charge in [0.05, 0.1) is 25.5 Å². The van der Waals surface area contributed by atoms with E-state index in [-0.39, 0.29) is 17.0 Å². The van der Waals surface area contributed by atoms with Crippen molar-refractivity contribution in [1.82, 2.24) is 19.9 Å². The first-order valence-electron chi connectivity index (χ1n) is 9.56. The van der Waals surface area contributed by atoms with Crippen LogP contribution in [0.2, 0.25) is 0 Å². The molecule has 1 amide bonds. The van der Waals surface area contributed by atoms with Gasteiger partial charge < -0.3 is 14.8 Å². The molecule has 0 unspecified atom stereocenters. The molecule has 1 aromatic carbocycles. The van der Waals surface area contributed by atoms with Crippen molar-refractivity contribution >= 4 is 11.6 Å². The van der Waals surface area contributed by atoms with Gasteiger partial charge in [-0.25, -0.2) is 9.50 Å². The Hall–Kier alpha value is -3.74. The van der Waals surface area contributed by atoms with Gasteiger partial charge in [0.2, 0.25) is 0 Å². The highest BCUT2D eigenvalue weighted by molar-refractivity contribution is 5.94. The highest BCUT2D eigenvalue weighted by atomic mass is 19.4. The molecular weight excluding hydrogens is 425 g/mol. The monoisotopic (exact) mass is 446 g/mol. The number of hydrogen-bond acceptors (Lipinski definition) is 5. The normalized spacial score (nSPS) is 13.3. The fraction of sp³-hybridized carbons (Fsp3) is 0.318. The number of rotatable bonds is 6. The summed E-state index contributed by atoms with van der Waals surface area (Å²) in [6.45, 7) is 3.41. The molecule has 0 radical (unpaired) electrons. The number of fused-ring (bicyclic) bond motifs is 1. The number of alkyl halides is 3. The van der Waals surface area contributed by atoms with E-state index in [1.165, 1.54) is 26.4 Å². The Morgan fingerprint density at radius 1 is 1.19 bits per heavy atom. The van der Waals surface area contributed by atoms with Crippen LogP contribution in [-0.2, 0) is 6.18 Å².